The molecule has 2 fully saturated rings. The number of nitrogens with zero attached hydrogens (tertiary/aromatic N) is 3. The fraction of sp³-hybridized carbons (Fsp3) is 0.536. The average molecular weight is 513 g/mol. The van der Waals surface area contributed by atoms with Crippen molar-refractivity contribution in [2.24, 2.45) is 11.8 Å². The van der Waals surface area contributed by atoms with Crippen LogP contribution in [0.3, 0.4) is 0 Å². The van der Waals surface area contributed by atoms with Crippen LogP contribution in [0, 0.1) is 29.4 Å². The van der Waals surface area contributed by atoms with Crippen LogP contribution in [0.25, 0.3) is 16.6 Å². The summed E-state index contributed by atoms with van der Waals surface area (Å²) in [5.41, 5.74) is 3.84. The van der Waals surface area contributed by atoms with Gasteiger partial charge in [-0.15, -0.1) is 0 Å². The number of benzene rings is 1. The molecule has 2 aliphatic heterocycles. The topological polar surface area (TPSA) is 71.2 Å². The number of ether oxygens (including phenoxy) is 1. The Balaban J connectivity index is 1.47. The highest BCUT2D eigenvalue weighted by atomic mass is 32.2. The summed E-state index contributed by atoms with van der Waals surface area (Å²) in [4.78, 5) is 7.29. The zero-order chi connectivity index (χ0) is 25.4. The molecule has 0 bridgehead atoms. The number of pyridine rings is 1. The van der Waals surface area contributed by atoms with Crippen LogP contribution >= 0.6 is 0 Å². The molecule has 0 aliphatic carbocycles. The van der Waals surface area contributed by atoms with Crippen LogP contribution in [-0.2, 0) is 20.9 Å². The first-order valence-electron chi connectivity index (χ1n) is 13.1. The number of aryl methyl sites for hydroxylation is 1. The van der Waals surface area contributed by atoms with Crippen LogP contribution < -0.4 is 0 Å². The van der Waals surface area contributed by atoms with Crippen LogP contribution in [0.1, 0.15) is 44.2 Å². The highest BCUT2D eigenvalue weighted by Crippen LogP contribution is 2.34. The van der Waals surface area contributed by atoms with E-state index in [1.54, 1.807) is 19.9 Å². The van der Waals surface area contributed by atoms with Crippen LogP contribution in [0.15, 0.2) is 41.7 Å². The van der Waals surface area contributed by atoms with Gasteiger partial charge in [0, 0.05) is 49.3 Å². The van der Waals surface area contributed by atoms with Gasteiger partial charge in [0.15, 0.2) is 0 Å². The molecule has 2 atom stereocenters. The zero-order valence-electron chi connectivity index (χ0n) is 21.5. The third-order valence-corrected chi connectivity index (χ3v) is 10.2. The number of hydrogen-bond acceptors (Lipinski definition) is 5. The van der Waals surface area contributed by atoms with Crippen molar-refractivity contribution in [1.82, 2.24) is 14.5 Å². The number of likely N-dealkylation sites (tertiary alicyclic amines) is 1. The smallest absolute Gasteiger partial charge is 0.124 e. The lowest BCUT2D eigenvalue weighted by Gasteiger charge is -2.27. The molecule has 3 aromatic rings. The van der Waals surface area contributed by atoms with Crippen molar-refractivity contribution in [1.29, 1.82) is 4.78 Å². The number of nitrogens with one attached hydrogen (secondary N) is 1. The molecule has 4 heterocycles. The Kier molecular flexibility index (Phi) is 7.21. The van der Waals surface area contributed by atoms with E-state index >= 15 is 0 Å². The summed E-state index contributed by atoms with van der Waals surface area (Å²) in [7, 11) is -3.19. The van der Waals surface area contributed by atoms with Gasteiger partial charge < -0.3 is 14.2 Å². The lowest BCUT2D eigenvalue weighted by Crippen LogP contribution is -2.31. The van der Waals surface area contributed by atoms with Gasteiger partial charge in [-0.05, 0) is 94.2 Å². The van der Waals surface area contributed by atoms with Crippen LogP contribution in [-0.4, -0.2) is 56.8 Å². The molecular formula is C28H37FN4O2S. The Labute approximate surface area is 213 Å². The van der Waals surface area contributed by atoms with Crippen molar-refractivity contribution in [3.05, 3.63) is 53.7 Å². The van der Waals surface area contributed by atoms with E-state index in [2.05, 4.69) is 23.0 Å². The highest BCUT2D eigenvalue weighted by Gasteiger charge is 2.28. The molecule has 2 saturated heterocycles. The van der Waals surface area contributed by atoms with Gasteiger partial charge in [0.1, 0.15) is 5.82 Å². The molecular weight excluding hydrogens is 475 g/mol. The molecule has 0 radical (unpaired) electrons. The molecule has 2 aromatic heterocycles. The second-order valence-corrected chi connectivity index (χ2v) is 13.4. The zero-order valence-corrected chi connectivity index (χ0v) is 22.3. The van der Waals surface area contributed by atoms with Crippen LogP contribution in [0.5, 0.6) is 0 Å². The Bertz CT molecular complexity index is 1350. The van der Waals surface area contributed by atoms with Crippen molar-refractivity contribution in [3.63, 3.8) is 0 Å². The average Bonchev–Trinajstić information content (AvgIpc) is 3.45. The van der Waals surface area contributed by atoms with Gasteiger partial charge in [-0.25, -0.2) is 13.4 Å². The molecule has 2 aliphatic rings. The van der Waals surface area contributed by atoms with Gasteiger partial charge in [0.05, 0.1) is 32.0 Å². The van der Waals surface area contributed by atoms with E-state index in [-0.39, 0.29) is 4.90 Å². The van der Waals surface area contributed by atoms with Crippen LogP contribution in [0.4, 0.5) is 4.39 Å². The molecule has 6 nitrogen and oxygen atoms in total. The first kappa shape index (κ1) is 25.4. The normalized spacial score (nSPS) is 21.4. The first-order valence-corrected chi connectivity index (χ1v) is 14.7. The Morgan fingerprint density at radius 1 is 1.19 bits per heavy atom. The van der Waals surface area contributed by atoms with E-state index in [1.165, 1.54) is 24.1 Å². The van der Waals surface area contributed by atoms with Gasteiger partial charge in [-0.3, -0.25) is 4.98 Å². The van der Waals surface area contributed by atoms with Gasteiger partial charge in [-0.1, -0.05) is 0 Å². The molecule has 8 heteroatoms. The van der Waals surface area contributed by atoms with E-state index in [0.717, 1.165) is 74.5 Å². The molecule has 36 heavy (non-hydrogen) atoms. The summed E-state index contributed by atoms with van der Waals surface area (Å²) in [6, 6.07) is 4.30. The summed E-state index contributed by atoms with van der Waals surface area (Å²) in [5, 5.41) is 0.726. The predicted octanol–water partition coefficient (Wildman–Crippen LogP) is 5.58. The number of hydrogen-bond donors (Lipinski definition) is 1. The van der Waals surface area contributed by atoms with E-state index in [9.17, 15) is 8.60 Å². The van der Waals surface area contributed by atoms with E-state index in [1.807, 2.05) is 17.0 Å². The molecule has 0 unspecified atom stereocenters. The van der Waals surface area contributed by atoms with E-state index < -0.39 is 20.8 Å². The summed E-state index contributed by atoms with van der Waals surface area (Å²) >= 11 is 0. The van der Waals surface area contributed by atoms with Crippen LogP contribution in [0.2, 0.25) is 0 Å². The van der Waals surface area contributed by atoms with Crippen molar-refractivity contribution in [3.8, 4) is 5.69 Å². The molecule has 5 rings (SSSR count). The summed E-state index contributed by atoms with van der Waals surface area (Å²) in [6.07, 6.45) is 10.3. The summed E-state index contributed by atoms with van der Waals surface area (Å²) < 4.78 is 43.8. The van der Waals surface area contributed by atoms with Gasteiger partial charge >= 0.3 is 0 Å². The molecule has 1 aromatic carbocycles. The minimum atomic E-state index is -3.19. The lowest BCUT2D eigenvalue weighted by molar-refractivity contribution is 0.0551. The second kappa shape index (κ2) is 10.2. The molecule has 0 spiro atoms. The lowest BCUT2D eigenvalue weighted by atomic mass is 9.97. The maximum atomic E-state index is 14.3. The fourth-order valence-corrected chi connectivity index (χ4v) is 7.10. The molecule has 0 saturated carbocycles. The van der Waals surface area contributed by atoms with Gasteiger partial charge in [-0.2, -0.15) is 0 Å². The van der Waals surface area contributed by atoms with E-state index in [0.29, 0.717) is 11.6 Å². The third kappa shape index (κ3) is 4.95. The fourth-order valence-electron chi connectivity index (χ4n) is 5.83. The standard InChI is InChI=1S/C28H37FN4O2S/c1-19(2)36(30,34)27-13-24(29)4-5-25(27)33-18-23(28-20(3)14-31-15-26(28)33)12-22-6-9-32(17-22)16-21-7-10-35-11-8-21/h4-5,13-15,18-19,21-22,30H,6-12,16-17H2,1-3H3/t22-,36+/m0/s1. The van der Waals surface area contributed by atoms with Crippen molar-refractivity contribution in [2.75, 3.05) is 32.8 Å². The predicted molar refractivity (Wildman–Crippen MR) is 142 cm³/mol. The SMILES string of the molecule is Cc1cncc2c1c(C[C@@H]1CCN(CC3CCOCC3)C1)cn2-c1ccc(F)cc1[S@](=N)(=O)C(C)C. The van der Waals surface area contributed by atoms with Crippen molar-refractivity contribution >= 4 is 20.6 Å². The number of aromatic nitrogens is 2. The Morgan fingerprint density at radius 2 is 1.97 bits per heavy atom. The number of fused-ring (bicyclic) bond motifs is 1. The molecule has 0 amide bonds. The van der Waals surface area contributed by atoms with E-state index in [4.69, 9.17) is 9.52 Å². The maximum absolute atomic E-state index is 14.3. The van der Waals surface area contributed by atoms with Gasteiger partial charge in [0.25, 0.3) is 0 Å². The summed E-state index contributed by atoms with van der Waals surface area (Å²) in [5.74, 6) is 0.835. The Morgan fingerprint density at radius 3 is 2.72 bits per heavy atom. The minimum absolute atomic E-state index is 0.242. The van der Waals surface area contributed by atoms with Crippen molar-refractivity contribution < 1.29 is 13.3 Å². The summed E-state index contributed by atoms with van der Waals surface area (Å²) in [6.45, 7) is 10.8. The quantitative estimate of drug-likeness (QED) is 0.449. The second-order valence-electron chi connectivity index (χ2n) is 10.8. The number of halogens is 1. The number of rotatable bonds is 7. The first-order chi connectivity index (χ1) is 17.2. The van der Waals surface area contributed by atoms with Gasteiger partial charge in [0.2, 0.25) is 0 Å². The Hall–Kier alpha value is -2.29. The minimum Gasteiger partial charge on any atom is -0.381 e. The maximum Gasteiger partial charge on any atom is 0.124 e. The van der Waals surface area contributed by atoms with Crippen molar-refractivity contribution in [2.45, 2.75) is 56.6 Å². The molecule has 1 N–H and O–H groups in total. The third-order valence-electron chi connectivity index (χ3n) is 7.89. The molecule has 194 valence electrons. The largest absolute Gasteiger partial charge is 0.381 e. The monoisotopic (exact) mass is 512 g/mol. The highest BCUT2D eigenvalue weighted by molar-refractivity contribution is 7.93.